The van der Waals surface area contributed by atoms with Crippen molar-refractivity contribution in [1.29, 1.82) is 0 Å². The first-order chi connectivity index (χ1) is 12.0. The fourth-order valence-corrected chi connectivity index (χ4v) is 3.56. The van der Waals surface area contributed by atoms with E-state index in [2.05, 4.69) is 0 Å². The molecule has 1 aliphatic rings. The van der Waals surface area contributed by atoms with E-state index in [0.29, 0.717) is 25.7 Å². The van der Waals surface area contributed by atoms with E-state index in [1.54, 1.807) is 20.8 Å². The summed E-state index contributed by atoms with van der Waals surface area (Å²) in [6.45, 7) is 5.40. The minimum atomic E-state index is -1.13. The zero-order valence-corrected chi connectivity index (χ0v) is 15.5. The second-order valence-electron chi connectivity index (χ2n) is 8.23. The molecule has 6 heteroatoms. The molecule has 1 aliphatic carbocycles. The molecule has 4 nitrogen and oxygen atoms in total. The number of carbonyl (C=O) groups is 2. The molecule has 0 atom stereocenters. The average molecular weight is 368 g/mol. The van der Waals surface area contributed by atoms with E-state index in [-0.39, 0.29) is 30.3 Å². The predicted molar refractivity (Wildman–Crippen MR) is 92.6 cm³/mol. The summed E-state index contributed by atoms with van der Waals surface area (Å²) in [4.78, 5) is 23.9. The summed E-state index contributed by atoms with van der Waals surface area (Å²) in [7, 11) is 0. The van der Waals surface area contributed by atoms with Crippen molar-refractivity contribution in [3.63, 3.8) is 0 Å². The van der Waals surface area contributed by atoms with Crippen LogP contribution in [0.2, 0.25) is 0 Å². The molecule has 2 rings (SSSR count). The number of rotatable bonds is 5. The molecule has 26 heavy (non-hydrogen) atoms. The quantitative estimate of drug-likeness (QED) is 0.777. The zero-order valence-electron chi connectivity index (χ0n) is 15.5. The van der Waals surface area contributed by atoms with Crippen molar-refractivity contribution in [2.75, 3.05) is 0 Å². The van der Waals surface area contributed by atoms with Gasteiger partial charge in [-0.2, -0.15) is 0 Å². The van der Waals surface area contributed by atoms with Crippen molar-refractivity contribution in [2.24, 2.45) is 11.3 Å². The van der Waals surface area contributed by atoms with Gasteiger partial charge in [-0.05, 0) is 82.6 Å². The highest BCUT2D eigenvalue weighted by molar-refractivity contribution is 5.75. The molecule has 0 aromatic heterocycles. The fourth-order valence-electron chi connectivity index (χ4n) is 3.56. The number of ether oxygens (including phenoxy) is 1. The summed E-state index contributed by atoms with van der Waals surface area (Å²) in [5.41, 5.74) is -1.59. The number of aliphatic carboxylic acids is 1. The maximum absolute atomic E-state index is 13.9. The highest BCUT2D eigenvalue weighted by Gasteiger charge is 2.43. The molecule has 0 spiro atoms. The van der Waals surface area contributed by atoms with Crippen molar-refractivity contribution >= 4 is 11.9 Å². The second-order valence-corrected chi connectivity index (χ2v) is 8.23. The number of halogens is 2. The second kappa shape index (κ2) is 7.72. The Morgan fingerprint density at radius 2 is 1.85 bits per heavy atom. The maximum atomic E-state index is 13.9. The number of carboxylic acids is 1. The Balaban J connectivity index is 2.03. The molecule has 0 amide bonds. The standard InChI is InChI=1S/C20H26F2O4/c1-19(2,3)26-17(23)10-13-6-8-20(9-7-13,18(24)25)12-14-11-15(21)4-5-16(14)22/h4-5,11,13H,6-10,12H2,1-3H3,(H,24,25). The summed E-state index contributed by atoms with van der Waals surface area (Å²) in [5, 5.41) is 9.72. The van der Waals surface area contributed by atoms with Crippen LogP contribution >= 0.6 is 0 Å². The minimum absolute atomic E-state index is 0.0505. The summed E-state index contributed by atoms with van der Waals surface area (Å²) >= 11 is 0. The van der Waals surface area contributed by atoms with Gasteiger partial charge in [0, 0.05) is 6.42 Å². The largest absolute Gasteiger partial charge is 0.481 e. The van der Waals surface area contributed by atoms with Gasteiger partial charge in [-0.1, -0.05) is 0 Å². The van der Waals surface area contributed by atoms with E-state index in [1.807, 2.05) is 0 Å². The van der Waals surface area contributed by atoms with E-state index in [0.717, 1.165) is 18.2 Å². The maximum Gasteiger partial charge on any atom is 0.309 e. The lowest BCUT2D eigenvalue weighted by Crippen LogP contribution is -2.38. The molecular formula is C20H26F2O4. The van der Waals surface area contributed by atoms with Gasteiger partial charge in [-0.15, -0.1) is 0 Å². The zero-order chi connectivity index (χ0) is 19.5. The molecule has 0 bridgehead atoms. The van der Waals surface area contributed by atoms with Crippen LogP contribution < -0.4 is 0 Å². The molecule has 0 unspecified atom stereocenters. The molecule has 1 N–H and O–H groups in total. The van der Waals surface area contributed by atoms with Crippen LogP contribution in [0.3, 0.4) is 0 Å². The summed E-state index contributed by atoms with van der Waals surface area (Å²) in [6, 6.07) is 3.10. The average Bonchev–Trinajstić information content (AvgIpc) is 2.51. The monoisotopic (exact) mass is 368 g/mol. The van der Waals surface area contributed by atoms with Gasteiger partial charge in [0.1, 0.15) is 17.2 Å². The van der Waals surface area contributed by atoms with Gasteiger partial charge in [0.05, 0.1) is 5.41 Å². The predicted octanol–water partition coefficient (Wildman–Crippen LogP) is 4.50. The van der Waals surface area contributed by atoms with Gasteiger partial charge >= 0.3 is 11.9 Å². The Morgan fingerprint density at radius 3 is 2.38 bits per heavy atom. The molecule has 1 aromatic carbocycles. The topological polar surface area (TPSA) is 63.6 Å². The SMILES string of the molecule is CC(C)(C)OC(=O)CC1CCC(Cc2cc(F)ccc2F)(C(=O)O)CC1. The van der Waals surface area contributed by atoms with Crippen LogP contribution in [-0.4, -0.2) is 22.6 Å². The van der Waals surface area contributed by atoms with E-state index in [1.165, 1.54) is 0 Å². The number of carboxylic acid groups (broad SMARTS) is 1. The lowest BCUT2D eigenvalue weighted by molar-refractivity contribution is -0.157. The van der Waals surface area contributed by atoms with Crippen molar-refractivity contribution in [2.45, 2.75) is 64.9 Å². The summed E-state index contributed by atoms with van der Waals surface area (Å²) in [5.74, 6) is -2.42. The lowest BCUT2D eigenvalue weighted by atomic mass is 9.67. The van der Waals surface area contributed by atoms with Crippen molar-refractivity contribution < 1.29 is 28.2 Å². The highest BCUT2D eigenvalue weighted by atomic mass is 19.1. The van der Waals surface area contributed by atoms with Gasteiger partial charge in [-0.3, -0.25) is 9.59 Å². The third-order valence-electron chi connectivity index (χ3n) is 4.93. The molecule has 0 heterocycles. The summed E-state index contributed by atoms with van der Waals surface area (Å²) in [6.07, 6.45) is 1.94. The van der Waals surface area contributed by atoms with Gasteiger partial charge in [0.2, 0.25) is 0 Å². The van der Waals surface area contributed by atoms with E-state index in [4.69, 9.17) is 4.74 Å². The normalized spacial score (nSPS) is 23.5. The number of esters is 1. The molecule has 0 aliphatic heterocycles. The van der Waals surface area contributed by atoms with Crippen molar-refractivity contribution in [3.8, 4) is 0 Å². The lowest BCUT2D eigenvalue weighted by Gasteiger charge is -2.37. The van der Waals surface area contributed by atoms with Gasteiger partial charge in [0.15, 0.2) is 0 Å². The fraction of sp³-hybridized carbons (Fsp3) is 0.600. The smallest absolute Gasteiger partial charge is 0.309 e. The van der Waals surface area contributed by atoms with Gasteiger partial charge in [0.25, 0.3) is 0 Å². The number of benzene rings is 1. The molecule has 1 aromatic rings. The van der Waals surface area contributed by atoms with Crippen LogP contribution in [0.5, 0.6) is 0 Å². The van der Waals surface area contributed by atoms with Crippen molar-refractivity contribution in [3.05, 3.63) is 35.4 Å². The van der Waals surface area contributed by atoms with Crippen LogP contribution in [0.25, 0.3) is 0 Å². The Hall–Kier alpha value is -1.98. The van der Waals surface area contributed by atoms with Crippen LogP contribution in [0.4, 0.5) is 8.78 Å². The Labute approximate surface area is 152 Å². The molecule has 0 radical (unpaired) electrons. The van der Waals surface area contributed by atoms with E-state index >= 15 is 0 Å². The first kappa shape index (κ1) is 20.3. The third kappa shape index (κ3) is 5.26. The van der Waals surface area contributed by atoms with Crippen molar-refractivity contribution in [1.82, 2.24) is 0 Å². The number of hydrogen-bond acceptors (Lipinski definition) is 3. The number of hydrogen-bond donors (Lipinski definition) is 1. The molecular weight excluding hydrogens is 342 g/mol. The molecule has 0 saturated heterocycles. The first-order valence-electron chi connectivity index (χ1n) is 8.90. The summed E-state index contributed by atoms with van der Waals surface area (Å²) < 4.78 is 32.7. The van der Waals surface area contributed by atoms with Gasteiger partial charge in [-0.25, -0.2) is 8.78 Å². The highest BCUT2D eigenvalue weighted by Crippen LogP contribution is 2.43. The van der Waals surface area contributed by atoms with E-state index < -0.39 is 28.6 Å². The number of carbonyl (C=O) groups excluding carboxylic acids is 1. The van der Waals surface area contributed by atoms with E-state index in [9.17, 15) is 23.5 Å². The Kier molecular flexibility index (Phi) is 6.04. The van der Waals surface area contributed by atoms with Crippen LogP contribution in [0, 0.1) is 23.0 Å². The Bertz CT molecular complexity index is 671. The van der Waals surface area contributed by atoms with Crippen LogP contribution in [0.1, 0.15) is 58.4 Å². The Morgan fingerprint density at radius 1 is 1.23 bits per heavy atom. The first-order valence-corrected chi connectivity index (χ1v) is 8.90. The third-order valence-corrected chi connectivity index (χ3v) is 4.93. The molecule has 144 valence electrons. The van der Waals surface area contributed by atoms with Gasteiger partial charge < -0.3 is 9.84 Å². The molecule has 1 saturated carbocycles. The molecule has 1 fully saturated rings. The van der Waals surface area contributed by atoms with Crippen LogP contribution in [-0.2, 0) is 20.7 Å². The minimum Gasteiger partial charge on any atom is -0.481 e. The van der Waals surface area contributed by atoms with Crippen LogP contribution in [0.15, 0.2) is 18.2 Å².